The normalized spacial score (nSPS) is 11.0. The first-order valence-electron chi connectivity index (χ1n) is 7.08. The van der Waals surface area contributed by atoms with Gasteiger partial charge in [-0.25, -0.2) is 5.43 Å². The predicted octanol–water partition coefficient (Wildman–Crippen LogP) is 0.574. The van der Waals surface area contributed by atoms with Crippen molar-refractivity contribution in [3.8, 4) is 0 Å². The van der Waals surface area contributed by atoms with Crippen molar-refractivity contribution in [1.82, 2.24) is 10.4 Å². The van der Waals surface area contributed by atoms with E-state index in [2.05, 4.69) is 15.5 Å². The van der Waals surface area contributed by atoms with Crippen LogP contribution in [-0.4, -0.2) is 17.1 Å². The molecule has 2 heterocycles. The fraction of sp³-hybridized carbons (Fsp3) is 0.0625. The van der Waals surface area contributed by atoms with Gasteiger partial charge >= 0.3 is 11.6 Å². The molecule has 8 nitrogen and oxygen atoms in total. The number of amides is 1. The van der Waals surface area contributed by atoms with E-state index < -0.39 is 5.91 Å². The van der Waals surface area contributed by atoms with Gasteiger partial charge in [-0.15, -0.1) is 4.73 Å². The zero-order valence-corrected chi connectivity index (χ0v) is 12.7. The Hall–Kier alpha value is -3.55. The van der Waals surface area contributed by atoms with E-state index in [1.807, 2.05) is 0 Å². The highest BCUT2D eigenvalue weighted by Gasteiger charge is 2.30. The molecule has 1 aromatic carbocycles. The number of carbonyl (C=O) groups is 1. The van der Waals surface area contributed by atoms with E-state index in [0.717, 1.165) is 0 Å². The molecule has 0 saturated heterocycles. The van der Waals surface area contributed by atoms with Gasteiger partial charge in [-0.3, -0.25) is 9.78 Å². The SMILES string of the molecule is Cc1c(C(=O)N/N=C/c2ccccn2)[n+]([O-])c2ccccc2[n+]1[O-]. The summed E-state index contributed by atoms with van der Waals surface area (Å²) in [5.41, 5.74) is 2.77. The standard InChI is InChI=1S/C16H13N5O3/c1-11-15(16(22)19-18-10-12-6-4-5-9-17-12)21(24)14-8-3-2-7-13(14)20(11)23/h2-10H,1H3,(H,19,22)/b18-10+. The summed E-state index contributed by atoms with van der Waals surface area (Å²) in [7, 11) is 0. The van der Waals surface area contributed by atoms with Crippen molar-refractivity contribution in [2.45, 2.75) is 6.92 Å². The molecule has 0 aliphatic rings. The first-order chi connectivity index (χ1) is 11.6. The van der Waals surface area contributed by atoms with Crippen molar-refractivity contribution in [3.63, 3.8) is 0 Å². The quantitative estimate of drug-likeness (QED) is 0.329. The van der Waals surface area contributed by atoms with Crippen LogP contribution in [-0.2, 0) is 0 Å². The summed E-state index contributed by atoms with van der Waals surface area (Å²) in [4.78, 5) is 16.3. The second-order valence-corrected chi connectivity index (χ2v) is 4.97. The maximum atomic E-state index is 12.4. The van der Waals surface area contributed by atoms with E-state index in [1.165, 1.54) is 25.3 Å². The summed E-state index contributed by atoms with van der Waals surface area (Å²) in [6.07, 6.45) is 2.93. The molecule has 0 spiro atoms. The summed E-state index contributed by atoms with van der Waals surface area (Å²) in [5.74, 6) is -0.773. The van der Waals surface area contributed by atoms with Gasteiger partial charge in [0.15, 0.2) is 0 Å². The van der Waals surface area contributed by atoms with Gasteiger partial charge in [0.1, 0.15) is 0 Å². The lowest BCUT2D eigenvalue weighted by atomic mass is 10.2. The summed E-state index contributed by atoms with van der Waals surface area (Å²) in [5, 5.41) is 28.4. The number of nitrogens with one attached hydrogen (secondary N) is 1. The molecule has 3 aromatic rings. The zero-order valence-electron chi connectivity index (χ0n) is 12.7. The molecule has 0 aliphatic carbocycles. The van der Waals surface area contributed by atoms with Crippen LogP contribution in [0.4, 0.5) is 0 Å². The highest BCUT2D eigenvalue weighted by atomic mass is 16.5. The van der Waals surface area contributed by atoms with Gasteiger partial charge in [-0.2, -0.15) is 9.83 Å². The third kappa shape index (κ3) is 2.72. The van der Waals surface area contributed by atoms with E-state index >= 15 is 0 Å². The highest BCUT2D eigenvalue weighted by Crippen LogP contribution is 2.08. The van der Waals surface area contributed by atoms with Crippen LogP contribution in [0.1, 0.15) is 21.9 Å². The zero-order chi connectivity index (χ0) is 17.1. The number of rotatable bonds is 3. The fourth-order valence-electron chi connectivity index (χ4n) is 2.27. The van der Waals surface area contributed by atoms with Crippen LogP contribution in [0.15, 0.2) is 53.8 Å². The van der Waals surface area contributed by atoms with Crippen molar-refractivity contribution in [2.75, 3.05) is 0 Å². The van der Waals surface area contributed by atoms with Crippen molar-refractivity contribution >= 4 is 23.2 Å². The molecule has 2 aromatic heterocycles. The Morgan fingerprint density at radius 2 is 1.79 bits per heavy atom. The molecular formula is C16H13N5O3. The molecule has 1 amide bonds. The molecule has 1 N–H and O–H groups in total. The van der Waals surface area contributed by atoms with Crippen LogP contribution >= 0.6 is 0 Å². The van der Waals surface area contributed by atoms with Gasteiger partial charge < -0.3 is 10.4 Å². The molecular weight excluding hydrogens is 310 g/mol. The minimum absolute atomic E-state index is 0.00534. The monoisotopic (exact) mass is 323 g/mol. The number of benzene rings is 1. The van der Waals surface area contributed by atoms with E-state index in [4.69, 9.17) is 0 Å². The number of pyridine rings is 1. The van der Waals surface area contributed by atoms with E-state index in [-0.39, 0.29) is 22.4 Å². The lowest BCUT2D eigenvalue weighted by molar-refractivity contribution is -0.635. The molecule has 0 bridgehead atoms. The topological polar surface area (TPSA) is 108 Å². The molecule has 120 valence electrons. The number of aromatic nitrogens is 3. The number of para-hydroxylation sites is 2. The van der Waals surface area contributed by atoms with Crippen LogP contribution < -0.4 is 14.9 Å². The maximum Gasteiger partial charge on any atom is 0.352 e. The summed E-state index contributed by atoms with van der Waals surface area (Å²) in [6.45, 7) is 1.41. The van der Waals surface area contributed by atoms with Crippen molar-refractivity contribution in [1.29, 1.82) is 0 Å². The summed E-state index contributed by atoms with van der Waals surface area (Å²) < 4.78 is 0.992. The molecule has 3 rings (SSSR count). The third-order valence-electron chi connectivity index (χ3n) is 3.44. The van der Waals surface area contributed by atoms with E-state index in [0.29, 0.717) is 15.2 Å². The number of hydrogen-bond acceptors (Lipinski definition) is 5. The Morgan fingerprint density at radius 1 is 1.12 bits per heavy atom. The number of fused-ring (bicyclic) bond motifs is 1. The molecule has 0 atom stereocenters. The van der Waals surface area contributed by atoms with Crippen LogP contribution in [0, 0.1) is 17.3 Å². The van der Waals surface area contributed by atoms with Crippen molar-refractivity contribution < 1.29 is 14.3 Å². The Morgan fingerprint density at radius 3 is 2.46 bits per heavy atom. The van der Waals surface area contributed by atoms with Gasteiger partial charge in [0.25, 0.3) is 16.7 Å². The average molecular weight is 323 g/mol. The molecule has 0 saturated carbocycles. The van der Waals surface area contributed by atoms with Crippen molar-refractivity contribution in [2.24, 2.45) is 5.10 Å². The fourth-order valence-corrected chi connectivity index (χ4v) is 2.27. The Kier molecular flexibility index (Phi) is 4.02. The first kappa shape index (κ1) is 15.3. The number of hydrazone groups is 1. The van der Waals surface area contributed by atoms with Crippen LogP contribution in [0.25, 0.3) is 11.0 Å². The summed E-state index contributed by atoms with van der Waals surface area (Å²) >= 11 is 0. The minimum Gasteiger partial charge on any atom is -0.618 e. The minimum atomic E-state index is -0.773. The van der Waals surface area contributed by atoms with Crippen LogP contribution in [0.5, 0.6) is 0 Å². The van der Waals surface area contributed by atoms with E-state index in [1.54, 1.807) is 36.5 Å². The van der Waals surface area contributed by atoms with Crippen molar-refractivity contribution in [3.05, 3.63) is 76.2 Å². The largest absolute Gasteiger partial charge is 0.618 e. The van der Waals surface area contributed by atoms with Gasteiger partial charge in [0, 0.05) is 25.3 Å². The first-order valence-corrected chi connectivity index (χ1v) is 7.08. The molecule has 0 unspecified atom stereocenters. The Bertz CT molecular complexity index is 941. The Labute approximate surface area is 136 Å². The lowest BCUT2D eigenvalue weighted by Gasteiger charge is -2.09. The van der Waals surface area contributed by atoms with Gasteiger partial charge in [-0.05, 0) is 12.1 Å². The molecule has 0 aliphatic heterocycles. The molecule has 0 fully saturated rings. The summed E-state index contributed by atoms with van der Waals surface area (Å²) in [6, 6.07) is 11.5. The Balaban J connectivity index is 1.94. The van der Waals surface area contributed by atoms with Gasteiger partial charge in [0.2, 0.25) is 0 Å². The molecule has 0 radical (unpaired) electrons. The van der Waals surface area contributed by atoms with Gasteiger partial charge in [0.05, 0.1) is 11.9 Å². The van der Waals surface area contributed by atoms with Crippen LogP contribution in [0.2, 0.25) is 0 Å². The molecule has 24 heavy (non-hydrogen) atoms. The van der Waals surface area contributed by atoms with E-state index in [9.17, 15) is 15.2 Å². The lowest BCUT2D eigenvalue weighted by Crippen LogP contribution is -2.48. The number of carbonyl (C=O) groups excluding carboxylic acids is 1. The smallest absolute Gasteiger partial charge is 0.352 e. The second kappa shape index (κ2) is 6.29. The molecule has 8 heteroatoms. The third-order valence-corrected chi connectivity index (χ3v) is 3.44. The highest BCUT2D eigenvalue weighted by molar-refractivity contribution is 5.93. The second-order valence-electron chi connectivity index (χ2n) is 4.97. The number of hydrogen-bond donors (Lipinski definition) is 1. The van der Waals surface area contributed by atoms with Crippen LogP contribution in [0.3, 0.4) is 0 Å². The predicted molar refractivity (Wildman–Crippen MR) is 85.9 cm³/mol. The van der Waals surface area contributed by atoms with Gasteiger partial charge in [-0.1, -0.05) is 18.2 Å². The average Bonchev–Trinajstić information content (AvgIpc) is 2.61. The maximum absolute atomic E-state index is 12.4. The number of nitrogens with zero attached hydrogens (tertiary/aromatic N) is 4.